The van der Waals surface area contributed by atoms with Crippen LogP contribution in [-0.4, -0.2) is 51.3 Å². The Balaban J connectivity index is 1.97. The van der Waals surface area contributed by atoms with Crippen molar-refractivity contribution < 1.29 is 28.6 Å². The van der Waals surface area contributed by atoms with Crippen molar-refractivity contribution in [2.45, 2.75) is 26.9 Å². The van der Waals surface area contributed by atoms with Crippen molar-refractivity contribution >= 4 is 11.7 Å². The molecule has 0 atom stereocenters. The summed E-state index contributed by atoms with van der Waals surface area (Å²) in [5, 5.41) is 2.70. The Bertz CT molecular complexity index is 548. The van der Waals surface area contributed by atoms with E-state index in [1.54, 1.807) is 12.1 Å². The van der Waals surface area contributed by atoms with E-state index in [0.717, 1.165) is 5.56 Å². The van der Waals surface area contributed by atoms with Gasteiger partial charge in [-0.3, -0.25) is 14.4 Å². The standard InChI is InChI=1S/C19H30N2O6/c1-15(2)18(22)7-9-24-11-12-25-10-8-21-19(23)14-26-17-5-3-16(4-6-17)13-27-20/h3-6,15H,7-14,20H2,1-2H3,(H,21,23). The molecule has 0 saturated carbocycles. The van der Waals surface area contributed by atoms with Gasteiger partial charge in [0.1, 0.15) is 11.5 Å². The molecule has 1 amide bonds. The summed E-state index contributed by atoms with van der Waals surface area (Å²) < 4.78 is 16.1. The van der Waals surface area contributed by atoms with E-state index in [9.17, 15) is 9.59 Å². The fourth-order valence-corrected chi connectivity index (χ4v) is 2.02. The lowest BCUT2D eigenvalue weighted by Crippen LogP contribution is -2.31. The Morgan fingerprint density at radius 3 is 2.33 bits per heavy atom. The van der Waals surface area contributed by atoms with Gasteiger partial charge in [-0.1, -0.05) is 26.0 Å². The number of ether oxygens (including phenoxy) is 3. The van der Waals surface area contributed by atoms with E-state index in [-0.39, 0.29) is 24.2 Å². The van der Waals surface area contributed by atoms with Crippen molar-refractivity contribution in [1.82, 2.24) is 5.32 Å². The van der Waals surface area contributed by atoms with Crippen LogP contribution in [0.2, 0.25) is 0 Å². The molecule has 0 bridgehead atoms. The van der Waals surface area contributed by atoms with Crippen LogP contribution in [0.1, 0.15) is 25.8 Å². The number of carbonyl (C=O) groups excluding carboxylic acids is 2. The maximum absolute atomic E-state index is 11.7. The van der Waals surface area contributed by atoms with Gasteiger partial charge >= 0.3 is 0 Å². The molecule has 0 spiro atoms. The summed E-state index contributed by atoms with van der Waals surface area (Å²) >= 11 is 0. The minimum Gasteiger partial charge on any atom is -0.484 e. The average Bonchev–Trinajstić information content (AvgIpc) is 2.66. The predicted octanol–water partition coefficient (Wildman–Crippen LogP) is 1.22. The van der Waals surface area contributed by atoms with Crippen LogP contribution in [0.25, 0.3) is 0 Å². The Kier molecular flexibility index (Phi) is 12.0. The van der Waals surface area contributed by atoms with Crippen LogP contribution >= 0.6 is 0 Å². The highest BCUT2D eigenvalue weighted by atomic mass is 16.6. The van der Waals surface area contributed by atoms with Crippen molar-refractivity contribution in [3.05, 3.63) is 29.8 Å². The molecule has 0 heterocycles. The van der Waals surface area contributed by atoms with E-state index in [1.807, 2.05) is 26.0 Å². The van der Waals surface area contributed by atoms with E-state index in [1.165, 1.54) is 0 Å². The van der Waals surface area contributed by atoms with Crippen LogP contribution in [-0.2, 0) is 30.5 Å². The minimum absolute atomic E-state index is 0.0440. The first-order valence-corrected chi connectivity index (χ1v) is 9.01. The number of hydrogen-bond acceptors (Lipinski definition) is 7. The molecule has 1 aromatic rings. The number of benzene rings is 1. The van der Waals surface area contributed by atoms with E-state index in [0.29, 0.717) is 51.7 Å². The zero-order chi connectivity index (χ0) is 19.9. The molecular formula is C19H30N2O6. The van der Waals surface area contributed by atoms with E-state index in [4.69, 9.17) is 20.1 Å². The third-order valence-electron chi connectivity index (χ3n) is 3.62. The van der Waals surface area contributed by atoms with Crippen LogP contribution in [0, 0.1) is 5.92 Å². The second-order valence-corrected chi connectivity index (χ2v) is 6.19. The minimum atomic E-state index is -0.226. The highest BCUT2D eigenvalue weighted by molar-refractivity contribution is 5.80. The number of carbonyl (C=O) groups is 2. The summed E-state index contributed by atoms with van der Waals surface area (Å²) in [6, 6.07) is 7.13. The van der Waals surface area contributed by atoms with Gasteiger partial charge in [-0.15, -0.1) is 0 Å². The molecule has 8 nitrogen and oxygen atoms in total. The molecule has 0 unspecified atom stereocenters. The molecule has 0 aromatic heterocycles. The third kappa shape index (κ3) is 11.3. The third-order valence-corrected chi connectivity index (χ3v) is 3.62. The second kappa shape index (κ2) is 14.1. The molecule has 0 aliphatic carbocycles. The monoisotopic (exact) mass is 382 g/mol. The first-order valence-electron chi connectivity index (χ1n) is 9.01. The van der Waals surface area contributed by atoms with Crippen LogP contribution in [0.4, 0.5) is 0 Å². The zero-order valence-corrected chi connectivity index (χ0v) is 16.1. The SMILES string of the molecule is CC(C)C(=O)CCOCCOCCNC(=O)COc1ccc(CON)cc1. The van der Waals surface area contributed by atoms with E-state index < -0.39 is 0 Å². The number of amides is 1. The Labute approximate surface area is 160 Å². The second-order valence-electron chi connectivity index (χ2n) is 6.19. The first-order chi connectivity index (χ1) is 13.0. The normalized spacial score (nSPS) is 10.8. The molecular weight excluding hydrogens is 352 g/mol. The summed E-state index contributed by atoms with van der Waals surface area (Å²) in [6.45, 7) is 6.03. The predicted molar refractivity (Wildman–Crippen MR) is 100 cm³/mol. The first kappa shape index (κ1) is 23.0. The van der Waals surface area contributed by atoms with Crippen molar-refractivity contribution in [3.63, 3.8) is 0 Å². The molecule has 1 rings (SSSR count). The molecule has 152 valence electrons. The lowest BCUT2D eigenvalue weighted by atomic mass is 10.1. The van der Waals surface area contributed by atoms with Crippen molar-refractivity contribution in [2.24, 2.45) is 11.8 Å². The van der Waals surface area contributed by atoms with E-state index in [2.05, 4.69) is 10.2 Å². The van der Waals surface area contributed by atoms with Crippen LogP contribution in [0.5, 0.6) is 5.75 Å². The molecule has 1 aromatic carbocycles. The topological polar surface area (TPSA) is 109 Å². The highest BCUT2D eigenvalue weighted by Crippen LogP contribution is 2.12. The van der Waals surface area contributed by atoms with Crippen molar-refractivity contribution in [2.75, 3.05) is 39.6 Å². The van der Waals surface area contributed by atoms with Gasteiger partial charge in [0.2, 0.25) is 0 Å². The highest BCUT2D eigenvalue weighted by Gasteiger charge is 2.06. The van der Waals surface area contributed by atoms with Crippen LogP contribution in [0.3, 0.4) is 0 Å². The Morgan fingerprint density at radius 2 is 1.70 bits per heavy atom. The van der Waals surface area contributed by atoms with Gasteiger partial charge in [0.15, 0.2) is 6.61 Å². The molecule has 0 saturated heterocycles. The van der Waals surface area contributed by atoms with Gasteiger partial charge in [-0.05, 0) is 17.7 Å². The van der Waals surface area contributed by atoms with Gasteiger partial charge in [0.05, 0.1) is 33.0 Å². The van der Waals surface area contributed by atoms with Gasteiger partial charge in [0, 0.05) is 18.9 Å². The van der Waals surface area contributed by atoms with Gasteiger partial charge < -0.3 is 19.5 Å². The van der Waals surface area contributed by atoms with E-state index >= 15 is 0 Å². The lowest BCUT2D eigenvalue weighted by Gasteiger charge is -2.09. The van der Waals surface area contributed by atoms with Crippen LogP contribution in [0.15, 0.2) is 24.3 Å². The molecule has 8 heteroatoms. The fraction of sp³-hybridized carbons (Fsp3) is 0.579. The molecule has 0 radical (unpaired) electrons. The fourth-order valence-electron chi connectivity index (χ4n) is 2.02. The number of Topliss-reactive ketones (excluding diaryl/α,β-unsaturated/α-hetero) is 1. The summed E-state index contributed by atoms with van der Waals surface area (Å²) in [5.41, 5.74) is 0.918. The number of nitrogens with one attached hydrogen (secondary N) is 1. The summed E-state index contributed by atoms with van der Waals surface area (Å²) in [4.78, 5) is 27.6. The molecule has 0 aliphatic heterocycles. The Morgan fingerprint density at radius 1 is 1.04 bits per heavy atom. The van der Waals surface area contributed by atoms with Crippen LogP contribution < -0.4 is 16.0 Å². The van der Waals surface area contributed by atoms with Crippen molar-refractivity contribution in [1.29, 1.82) is 0 Å². The zero-order valence-electron chi connectivity index (χ0n) is 16.1. The molecule has 0 fully saturated rings. The number of hydrogen-bond donors (Lipinski definition) is 2. The maximum atomic E-state index is 11.7. The summed E-state index contributed by atoms with van der Waals surface area (Å²) in [6.07, 6.45) is 0.428. The quantitative estimate of drug-likeness (QED) is 0.347. The van der Waals surface area contributed by atoms with Gasteiger partial charge in [-0.2, -0.15) is 0 Å². The number of rotatable bonds is 15. The maximum Gasteiger partial charge on any atom is 0.258 e. The van der Waals surface area contributed by atoms with Crippen molar-refractivity contribution in [3.8, 4) is 5.75 Å². The number of ketones is 1. The summed E-state index contributed by atoms with van der Waals surface area (Å²) in [7, 11) is 0. The van der Waals surface area contributed by atoms with Gasteiger partial charge in [-0.25, -0.2) is 5.90 Å². The smallest absolute Gasteiger partial charge is 0.258 e. The van der Waals surface area contributed by atoms with Gasteiger partial charge in [0.25, 0.3) is 5.91 Å². The summed E-state index contributed by atoms with van der Waals surface area (Å²) in [5.74, 6) is 5.61. The number of nitrogens with two attached hydrogens (primary N) is 1. The molecule has 3 N–H and O–H groups in total. The molecule has 0 aliphatic rings. The average molecular weight is 382 g/mol. The Hall–Kier alpha value is -2.00. The largest absolute Gasteiger partial charge is 0.484 e. The molecule has 27 heavy (non-hydrogen) atoms. The lowest BCUT2D eigenvalue weighted by molar-refractivity contribution is -0.123.